The second-order valence-electron chi connectivity index (χ2n) is 9.29. The third-order valence-electron chi connectivity index (χ3n) is 4.96. The van der Waals surface area contributed by atoms with E-state index in [1.54, 1.807) is 5.19 Å². The zero-order chi connectivity index (χ0) is 18.9. The highest BCUT2D eigenvalue weighted by molar-refractivity contribution is 6.89. The lowest BCUT2D eigenvalue weighted by molar-refractivity contribution is -0.660. The molecule has 25 heavy (non-hydrogen) atoms. The molecule has 2 rings (SSSR count). The van der Waals surface area contributed by atoms with Crippen molar-refractivity contribution >= 4 is 13.3 Å². The van der Waals surface area contributed by atoms with E-state index in [9.17, 15) is 0 Å². The van der Waals surface area contributed by atoms with Crippen molar-refractivity contribution in [2.75, 3.05) is 0 Å². The van der Waals surface area contributed by atoms with Gasteiger partial charge in [-0.25, -0.2) is 4.57 Å². The second-order valence-corrected chi connectivity index (χ2v) is 14.3. The van der Waals surface area contributed by atoms with Gasteiger partial charge in [-0.15, -0.1) is 0 Å². The molecule has 2 heteroatoms. The molecular formula is C23H36NSi+. The molecule has 0 bridgehead atoms. The zero-order valence-electron chi connectivity index (χ0n) is 17.7. The first-order chi connectivity index (χ1) is 11.5. The maximum Gasteiger partial charge on any atom is 0.212 e. The highest BCUT2D eigenvalue weighted by Crippen LogP contribution is 2.25. The number of aromatic nitrogens is 1. The quantitative estimate of drug-likeness (QED) is 0.503. The van der Waals surface area contributed by atoms with E-state index in [-0.39, 0.29) is 0 Å². The molecule has 0 aliphatic heterocycles. The van der Waals surface area contributed by atoms with Gasteiger partial charge in [0.2, 0.25) is 5.69 Å². The topological polar surface area (TPSA) is 3.88 Å². The molecule has 1 aromatic heterocycles. The predicted octanol–water partition coefficient (Wildman–Crippen LogP) is 5.35. The van der Waals surface area contributed by atoms with Crippen LogP contribution in [0.25, 0.3) is 11.3 Å². The summed E-state index contributed by atoms with van der Waals surface area (Å²) in [6, 6.07) is 9.48. The van der Waals surface area contributed by atoms with Crippen LogP contribution in [0.3, 0.4) is 0 Å². The van der Waals surface area contributed by atoms with Gasteiger partial charge >= 0.3 is 0 Å². The molecule has 0 amide bonds. The molecule has 1 aromatic carbocycles. The minimum Gasteiger partial charge on any atom is -0.201 e. The molecule has 0 atom stereocenters. The molecule has 0 saturated heterocycles. The van der Waals surface area contributed by atoms with Gasteiger partial charge in [-0.3, -0.25) is 0 Å². The summed E-state index contributed by atoms with van der Waals surface area (Å²) < 4.78 is 2.33. The number of hydrogen-bond donors (Lipinski definition) is 0. The van der Waals surface area contributed by atoms with E-state index in [0.29, 0.717) is 11.8 Å². The van der Waals surface area contributed by atoms with Crippen molar-refractivity contribution in [3.63, 3.8) is 0 Å². The van der Waals surface area contributed by atoms with Crippen LogP contribution in [-0.4, -0.2) is 8.07 Å². The Morgan fingerprint density at radius 2 is 1.64 bits per heavy atom. The van der Waals surface area contributed by atoms with Crippen LogP contribution in [0, 0.1) is 12.8 Å². The van der Waals surface area contributed by atoms with Crippen molar-refractivity contribution in [2.24, 2.45) is 13.0 Å². The molecule has 1 heterocycles. The molecule has 0 N–H and O–H groups in total. The molecule has 0 aliphatic rings. The molecule has 1 nitrogen and oxygen atoms in total. The number of pyridine rings is 1. The van der Waals surface area contributed by atoms with Crippen LogP contribution in [0.2, 0.25) is 19.6 Å². The van der Waals surface area contributed by atoms with Crippen molar-refractivity contribution < 1.29 is 4.57 Å². The number of benzene rings is 1. The van der Waals surface area contributed by atoms with E-state index in [1.165, 1.54) is 27.9 Å². The molecule has 0 radical (unpaired) electrons. The summed E-state index contributed by atoms with van der Waals surface area (Å²) in [4.78, 5) is 0. The van der Waals surface area contributed by atoms with Crippen molar-refractivity contribution in [3.05, 3.63) is 47.2 Å². The zero-order valence-corrected chi connectivity index (χ0v) is 18.7. The van der Waals surface area contributed by atoms with Crippen molar-refractivity contribution in [2.45, 2.75) is 66.6 Å². The van der Waals surface area contributed by atoms with Crippen LogP contribution >= 0.6 is 0 Å². The lowest BCUT2D eigenvalue weighted by atomic mass is 9.96. The van der Waals surface area contributed by atoms with E-state index in [0.717, 1.165) is 6.42 Å². The minimum absolute atomic E-state index is 0.565. The molecule has 0 unspecified atom stereocenters. The number of aryl methyl sites for hydroxylation is 2. The Morgan fingerprint density at radius 3 is 2.16 bits per heavy atom. The standard InChI is InChI=1S/C23H36NSi/c1-16(2)12-19-11-10-18(5)20(13-19)22-14-23(25(7,8)9)21(17(3)4)15-24(22)6/h10-11,13-17H,12H2,1-9H3/q+1. The van der Waals surface area contributed by atoms with Gasteiger partial charge in [0.05, 0.1) is 8.07 Å². The van der Waals surface area contributed by atoms with Crippen molar-refractivity contribution in [3.8, 4) is 11.3 Å². The van der Waals surface area contributed by atoms with Gasteiger partial charge in [-0.05, 0) is 47.6 Å². The Labute approximate surface area is 156 Å². The maximum absolute atomic E-state index is 2.49. The van der Waals surface area contributed by atoms with Crippen LogP contribution in [0.1, 0.15) is 50.3 Å². The van der Waals surface area contributed by atoms with Crippen LogP contribution in [0.4, 0.5) is 0 Å². The third-order valence-corrected chi connectivity index (χ3v) is 7.01. The van der Waals surface area contributed by atoms with E-state index in [2.05, 4.69) is 96.3 Å². The highest BCUT2D eigenvalue weighted by atomic mass is 28.3. The summed E-state index contributed by atoms with van der Waals surface area (Å²) in [5, 5.41) is 1.60. The van der Waals surface area contributed by atoms with E-state index < -0.39 is 8.07 Å². The van der Waals surface area contributed by atoms with Gasteiger partial charge in [-0.2, -0.15) is 0 Å². The lowest BCUT2D eigenvalue weighted by Crippen LogP contribution is -2.45. The number of rotatable bonds is 5. The minimum atomic E-state index is -1.40. The summed E-state index contributed by atoms with van der Waals surface area (Å²) in [5.41, 5.74) is 7.06. The van der Waals surface area contributed by atoms with E-state index in [1.807, 2.05) is 0 Å². The fraction of sp³-hybridized carbons (Fsp3) is 0.522. The summed E-state index contributed by atoms with van der Waals surface area (Å²) >= 11 is 0. The van der Waals surface area contributed by atoms with Crippen LogP contribution in [0.5, 0.6) is 0 Å². The average Bonchev–Trinajstić information content (AvgIpc) is 2.47. The van der Waals surface area contributed by atoms with Gasteiger partial charge in [0, 0.05) is 17.2 Å². The van der Waals surface area contributed by atoms with Gasteiger partial charge < -0.3 is 0 Å². The van der Waals surface area contributed by atoms with Crippen molar-refractivity contribution in [1.82, 2.24) is 0 Å². The Balaban J connectivity index is 2.67. The highest BCUT2D eigenvalue weighted by Gasteiger charge is 2.27. The van der Waals surface area contributed by atoms with Gasteiger partial charge in [0.15, 0.2) is 6.20 Å². The second kappa shape index (κ2) is 7.45. The molecule has 0 aliphatic carbocycles. The molecule has 2 aromatic rings. The largest absolute Gasteiger partial charge is 0.212 e. The fourth-order valence-electron chi connectivity index (χ4n) is 3.59. The first-order valence-electron chi connectivity index (χ1n) is 9.64. The molecular weight excluding hydrogens is 318 g/mol. The Kier molecular flexibility index (Phi) is 5.93. The first kappa shape index (κ1) is 19.9. The summed E-state index contributed by atoms with van der Waals surface area (Å²) in [6.07, 6.45) is 3.52. The summed E-state index contributed by atoms with van der Waals surface area (Å²) in [6.45, 7) is 18.8. The van der Waals surface area contributed by atoms with Crippen LogP contribution < -0.4 is 9.75 Å². The van der Waals surface area contributed by atoms with Gasteiger partial charge in [0.25, 0.3) is 0 Å². The first-order valence-corrected chi connectivity index (χ1v) is 13.1. The molecule has 0 saturated carbocycles. The normalized spacial score (nSPS) is 12.3. The van der Waals surface area contributed by atoms with E-state index in [4.69, 9.17) is 0 Å². The fourth-order valence-corrected chi connectivity index (χ4v) is 5.38. The van der Waals surface area contributed by atoms with Crippen LogP contribution in [-0.2, 0) is 13.5 Å². The SMILES string of the molecule is Cc1ccc(CC(C)C)cc1-c1cc([Si](C)(C)C)c(C(C)C)c[n+]1C. The predicted molar refractivity (Wildman–Crippen MR) is 113 cm³/mol. The summed E-state index contributed by atoms with van der Waals surface area (Å²) in [5.74, 6) is 1.25. The number of hydrogen-bond acceptors (Lipinski definition) is 0. The van der Waals surface area contributed by atoms with Crippen LogP contribution in [0.15, 0.2) is 30.5 Å². The third kappa shape index (κ3) is 4.61. The number of nitrogens with zero attached hydrogens (tertiary/aromatic N) is 1. The average molecular weight is 355 g/mol. The van der Waals surface area contributed by atoms with E-state index >= 15 is 0 Å². The van der Waals surface area contributed by atoms with Crippen molar-refractivity contribution in [1.29, 1.82) is 0 Å². The Morgan fingerprint density at radius 1 is 1.00 bits per heavy atom. The smallest absolute Gasteiger partial charge is 0.201 e. The summed E-state index contributed by atoms with van der Waals surface area (Å²) in [7, 11) is 0.800. The maximum atomic E-state index is 2.49. The molecule has 136 valence electrons. The Hall–Kier alpha value is -1.41. The molecule has 0 fully saturated rings. The molecule has 0 spiro atoms. The van der Waals surface area contributed by atoms with Gasteiger partial charge in [0.1, 0.15) is 7.05 Å². The monoisotopic (exact) mass is 354 g/mol. The van der Waals surface area contributed by atoms with Gasteiger partial charge in [-0.1, -0.05) is 59.5 Å². The Bertz CT molecular complexity index is 751. The lowest BCUT2D eigenvalue weighted by Gasteiger charge is -2.23.